The highest BCUT2D eigenvalue weighted by Gasteiger charge is 2.15. The van der Waals surface area contributed by atoms with E-state index in [4.69, 9.17) is 9.47 Å². The van der Waals surface area contributed by atoms with Crippen molar-refractivity contribution in [3.05, 3.63) is 107 Å². The van der Waals surface area contributed by atoms with Crippen molar-refractivity contribution in [3.8, 4) is 11.5 Å². The Labute approximate surface area is 197 Å². The highest BCUT2D eigenvalue weighted by atomic mass is 16.5. The molecule has 0 unspecified atom stereocenters. The van der Waals surface area contributed by atoms with Crippen LogP contribution in [0.3, 0.4) is 0 Å². The summed E-state index contributed by atoms with van der Waals surface area (Å²) in [5, 5.41) is 5.94. The number of nitrogens with one attached hydrogen (secondary N) is 1. The van der Waals surface area contributed by atoms with E-state index >= 15 is 0 Å². The third kappa shape index (κ3) is 5.13. The predicted molar refractivity (Wildman–Crippen MR) is 133 cm³/mol. The highest BCUT2D eigenvalue weighted by molar-refractivity contribution is 6.04. The molecule has 4 aromatic carbocycles. The smallest absolute Gasteiger partial charge is 0.343 e. The van der Waals surface area contributed by atoms with Gasteiger partial charge in [-0.05, 0) is 55.0 Å². The molecule has 0 aliphatic rings. The second-order valence-corrected chi connectivity index (χ2v) is 7.59. The fourth-order valence-electron chi connectivity index (χ4n) is 3.58. The zero-order chi connectivity index (χ0) is 23.9. The van der Waals surface area contributed by atoms with Gasteiger partial charge in [-0.2, -0.15) is 5.10 Å². The van der Waals surface area contributed by atoms with Gasteiger partial charge in [-0.1, -0.05) is 60.2 Å². The molecule has 0 aliphatic carbocycles. The van der Waals surface area contributed by atoms with Crippen molar-refractivity contribution in [3.63, 3.8) is 0 Å². The van der Waals surface area contributed by atoms with E-state index in [-0.39, 0.29) is 0 Å². The van der Waals surface area contributed by atoms with Gasteiger partial charge in [-0.15, -0.1) is 0 Å². The van der Waals surface area contributed by atoms with Gasteiger partial charge in [0.2, 0.25) is 0 Å². The summed E-state index contributed by atoms with van der Waals surface area (Å²) in [7, 11) is 0. The van der Waals surface area contributed by atoms with E-state index in [9.17, 15) is 9.59 Å². The number of para-hydroxylation sites is 1. The summed E-state index contributed by atoms with van der Waals surface area (Å²) in [6.45, 7) is 4.21. The molecule has 0 atom stereocenters. The molecule has 34 heavy (non-hydrogen) atoms. The Morgan fingerprint density at radius 3 is 2.53 bits per heavy atom. The number of ether oxygens (including phenoxy) is 2. The van der Waals surface area contributed by atoms with E-state index in [2.05, 4.69) is 10.5 Å². The summed E-state index contributed by atoms with van der Waals surface area (Å²) in [4.78, 5) is 25.5. The average Bonchev–Trinajstić information content (AvgIpc) is 2.85. The van der Waals surface area contributed by atoms with Crippen LogP contribution in [0.2, 0.25) is 0 Å². The van der Waals surface area contributed by atoms with Crippen molar-refractivity contribution in [2.45, 2.75) is 13.8 Å². The number of hydrazone groups is 1. The Morgan fingerprint density at radius 1 is 0.912 bits per heavy atom. The van der Waals surface area contributed by atoms with Crippen LogP contribution < -0.4 is 14.9 Å². The van der Waals surface area contributed by atoms with Crippen molar-refractivity contribution >= 4 is 28.9 Å². The number of carbonyl (C=O) groups is 2. The molecule has 0 radical (unpaired) electrons. The summed E-state index contributed by atoms with van der Waals surface area (Å²) in [6, 6.07) is 25.4. The number of hydrogen-bond acceptors (Lipinski definition) is 5. The topological polar surface area (TPSA) is 77.0 Å². The third-order valence-electron chi connectivity index (χ3n) is 5.18. The molecule has 0 aliphatic heterocycles. The maximum Gasteiger partial charge on any atom is 0.343 e. The summed E-state index contributed by atoms with van der Waals surface area (Å²) in [5.74, 6) is -0.0456. The van der Waals surface area contributed by atoms with Gasteiger partial charge in [0, 0.05) is 5.56 Å². The highest BCUT2D eigenvalue weighted by Crippen LogP contribution is 2.27. The minimum atomic E-state index is -0.469. The lowest BCUT2D eigenvalue weighted by atomic mass is 10.0. The maximum absolute atomic E-state index is 12.8. The van der Waals surface area contributed by atoms with Crippen LogP contribution in [0.25, 0.3) is 10.8 Å². The first-order valence-electron chi connectivity index (χ1n) is 10.9. The van der Waals surface area contributed by atoms with Crippen LogP contribution in [-0.4, -0.2) is 24.7 Å². The molecule has 0 bridgehead atoms. The largest absolute Gasteiger partial charge is 0.493 e. The molecule has 4 rings (SSSR count). The van der Waals surface area contributed by atoms with E-state index in [1.165, 1.54) is 6.21 Å². The molecule has 170 valence electrons. The quantitative estimate of drug-likeness (QED) is 0.173. The van der Waals surface area contributed by atoms with Crippen LogP contribution >= 0.6 is 0 Å². The molecule has 0 saturated heterocycles. The molecule has 1 amide bonds. The van der Waals surface area contributed by atoms with Gasteiger partial charge >= 0.3 is 5.97 Å². The lowest BCUT2D eigenvalue weighted by Crippen LogP contribution is -2.19. The normalized spacial score (nSPS) is 10.9. The van der Waals surface area contributed by atoms with Crippen molar-refractivity contribution in [2.24, 2.45) is 5.10 Å². The summed E-state index contributed by atoms with van der Waals surface area (Å²) < 4.78 is 11.2. The van der Waals surface area contributed by atoms with Crippen molar-refractivity contribution in [2.75, 3.05) is 6.61 Å². The standard InChI is InChI=1S/C28H24N2O4/c1-3-33-25-14-7-6-13-23(25)27(31)30-29-18-24-22-12-5-4-10-20(22)15-16-26(24)34-28(32)21-11-8-9-19(2)17-21/h4-18H,3H2,1-2H3,(H,30,31). The van der Waals surface area contributed by atoms with Crippen LogP contribution in [0.4, 0.5) is 0 Å². The van der Waals surface area contributed by atoms with Gasteiger partial charge in [0.1, 0.15) is 11.5 Å². The molecule has 6 heteroatoms. The van der Waals surface area contributed by atoms with E-state index in [1.807, 2.05) is 56.3 Å². The minimum absolute atomic E-state index is 0.345. The summed E-state index contributed by atoms with van der Waals surface area (Å²) >= 11 is 0. The van der Waals surface area contributed by atoms with Crippen molar-refractivity contribution < 1.29 is 19.1 Å². The Hall–Kier alpha value is -4.45. The number of carbonyl (C=O) groups excluding carboxylic acids is 2. The zero-order valence-electron chi connectivity index (χ0n) is 18.9. The Morgan fingerprint density at radius 2 is 1.71 bits per heavy atom. The lowest BCUT2D eigenvalue weighted by molar-refractivity contribution is 0.0734. The molecule has 0 heterocycles. The second-order valence-electron chi connectivity index (χ2n) is 7.59. The number of nitrogens with zero attached hydrogens (tertiary/aromatic N) is 1. The van der Waals surface area contributed by atoms with Gasteiger partial charge in [-0.25, -0.2) is 10.2 Å². The molecule has 0 aromatic heterocycles. The second kappa shape index (κ2) is 10.4. The number of hydrogen-bond donors (Lipinski definition) is 1. The van der Waals surface area contributed by atoms with Gasteiger partial charge in [0.05, 0.1) is 23.9 Å². The molecule has 0 spiro atoms. The van der Waals surface area contributed by atoms with Gasteiger partial charge in [0.15, 0.2) is 0 Å². The van der Waals surface area contributed by atoms with E-state index < -0.39 is 11.9 Å². The molecular formula is C28H24N2O4. The Kier molecular flexibility index (Phi) is 6.98. The number of amides is 1. The van der Waals surface area contributed by atoms with E-state index in [0.717, 1.165) is 16.3 Å². The number of fused-ring (bicyclic) bond motifs is 1. The summed E-state index contributed by atoms with van der Waals surface area (Å²) in [5.41, 5.74) is 4.92. The monoisotopic (exact) mass is 452 g/mol. The molecule has 0 saturated carbocycles. The maximum atomic E-state index is 12.8. The first-order valence-corrected chi connectivity index (χ1v) is 10.9. The molecule has 0 fully saturated rings. The summed E-state index contributed by atoms with van der Waals surface area (Å²) in [6.07, 6.45) is 1.49. The van der Waals surface area contributed by atoms with Crippen LogP contribution in [-0.2, 0) is 0 Å². The van der Waals surface area contributed by atoms with Crippen LogP contribution in [0.1, 0.15) is 38.8 Å². The van der Waals surface area contributed by atoms with Gasteiger partial charge < -0.3 is 9.47 Å². The van der Waals surface area contributed by atoms with Gasteiger partial charge in [0.25, 0.3) is 5.91 Å². The van der Waals surface area contributed by atoms with Gasteiger partial charge in [-0.3, -0.25) is 4.79 Å². The average molecular weight is 453 g/mol. The van der Waals surface area contributed by atoms with Crippen molar-refractivity contribution in [1.82, 2.24) is 5.43 Å². The predicted octanol–water partition coefficient (Wildman–Crippen LogP) is 5.53. The van der Waals surface area contributed by atoms with E-state index in [1.54, 1.807) is 42.5 Å². The number of esters is 1. The fraction of sp³-hybridized carbons (Fsp3) is 0.107. The first kappa shape index (κ1) is 22.7. The van der Waals surface area contributed by atoms with Crippen molar-refractivity contribution in [1.29, 1.82) is 0 Å². The third-order valence-corrected chi connectivity index (χ3v) is 5.18. The molecule has 4 aromatic rings. The van der Waals surface area contributed by atoms with E-state index in [0.29, 0.717) is 34.8 Å². The number of rotatable bonds is 7. The number of aryl methyl sites for hydroxylation is 1. The number of benzene rings is 4. The van der Waals surface area contributed by atoms with Crippen LogP contribution in [0.15, 0.2) is 90.0 Å². The minimum Gasteiger partial charge on any atom is -0.493 e. The fourth-order valence-corrected chi connectivity index (χ4v) is 3.58. The van der Waals surface area contributed by atoms with Crippen LogP contribution in [0, 0.1) is 6.92 Å². The Balaban J connectivity index is 1.62. The van der Waals surface area contributed by atoms with Crippen LogP contribution in [0.5, 0.6) is 11.5 Å². The SMILES string of the molecule is CCOc1ccccc1C(=O)NN=Cc1c(OC(=O)c2cccc(C)c2)ccc2ccccc12. The Bertz CT molecular complexity index is 1380. The lowest BCUT2D eigenvalue weighted by Gasteiger charge is -2.11. The first-order chi connectivity index (χ1) is 16.6. The molecule has 6 nitrogen and oxygen atoms in total. The molecule has 1 N–H and O–H groups in total. The zero-order valence-corrected chi connectivity index (χ0v) is 18.9. The molecular weight excluding hydrogens is 428 g/mol.